The largest absolute Gasteiger partial charge is 0.481 e. The van der Waals surface area contributed by atoms with E-state index in [1.165, 1.54) is 0 Å². The zero-order chi connectivity index (χ0) is 24.1. The van der Waals surface area contributed by atoms with Crippen LogP contribution >= 0.6 is 0 Å². The standard InChI is InChI=1S/C26H30N2O6/c1-2-7-16(12-24(29)30)27-25(31)22-13-33-15-23(22)28-26(32)34-14-21-19-10-5-3-8-17(19)18-9-4-6-11-20(18)21/h3-6,8-11,16,21-23H,2,7,12-15H2,1H3,(H,27,31)(H,28,32)(H,29,30)/t16-,22?,23?/m1/s1. The number of ether oxygens (including phenoxy) is 2. The second kappa shape index (κ2) is 10.7. The molecule has 180 valence electrons. The number of hydrogen-bond acceptors (Lipinski definition) is 5. The number of carboxylic acid groups (broad SMARTS) is 1. The maximum Gasteiger partial charge on any atom is 0.407 e. The van der Waals surface area contributed by atoms with Crippen molar-refractivity contribution in [2.75, 3.05) is 19.8 Å². The van der Waals surface area contributed by atoms with E-state index < -0.39 is 30.1 Å². The summed E-state index contributed by atoms with van der Waals surface area (Å²) in [7, 11) is 0. The Morgan fingerprint density at radius 2 is 1.71 bits per heavy atom. The quantitative estimate of drug-likeness (QED) is 0.523. The number of carboxylic acids is 1. The minimum atomic E-state index is -0.963. The first-order chi connectivity index (χ1) is 16.5. The van der Waals surface area contributed by atoms with E-state index in [4.69, 9.17) is 14.6 Å². The normalized spacial score (nSPS) is 19.7. The lowest BCUT2D eigenvalue weighted by Crippen LogP contribution is -2.49. The van der Waals surface area contributed by atoms with E-state index in [-0.39, 0.29) is 38.1 Å². The van der Waals surface area contributed by atoms with Crippen LogP contribution in [0, 0.1) is 5.92 Å². The van der Waals surface area contributed by atoms with Crippen molar-refractivity contribution in [3.05, 3.63) is 59.7 Å². The van der Waals surface area contributed by atoms with Crippen LogP contribution in [-0.2, 0) is 19.1 Å². The zero-order valence-electron chi connectivity index (χ0n) is 19.2. The van der Waals surface area contributed by atoms with E-state index in [1.54, 1.807) is 0 Å². The van der Waals surface area contributed by atoms with Crippen LogP contribution in [0.3, 0.4) is 0 Å². The summed E-state index contributed by atoms with van der Waals surface area (Å²) in [5, 5.41) is 14.6. The summed E-state index contributed by atoms with van der Waals surface area (Å²) in [5.74, 6) is -1.94. The summed E-state index contributed by atoms with van der Waals surface area (Å²) in [6.07, 6.45) is 0.569. The Morgan fingerprint density at radius 1 is 1.06 bits per heavy atom. The summed E-state index contributed by atoms with van der Waals surface area (Å²) in [6.45, 7) is 2.47. The zero-order valence-corrected chi connectivity index (χ0v) is 19.2. The van der Waals surface area contributed by atoms with Crippen molar-refractivity contribution in [1.29, 1.82) is 0 Å². The van der Waals surface area contributed by atoms with Crippen LogP contribution in [0.4, 0.5) is 4.79 Å². The lowest BCUT2D eigenvalue weighted by atomic mass is 9.98. The number of amides is 2. The maximum absolute atomic E-state index is 12.8. The van der Waals surface area contributed by atoms with Gasteiger partial charge in [0, 0.05) is 12.0 Å². The number of carbonyl (C=O) groups excluding carboxylic acids is 2. The van der Waals surface area contributed by atoms with Gasteiger partial charge in [0.2, 0.25) is 5.91 Å². The van der Waals surface area contributed by atoms with Gasteiger partial charge in [0.05, 0.1) is 31.6 Å². The van der Waals surface area contributed by atoms with Gasteiger partial charge in [-0.05, 0) is 28.7 Å². The van der Waals surface area contributed by atoms with Crippen LogP contribution in [0.25, 0.3) is 11.1 Å². The van der Waals surface area contributed by atoms with Gasteiger partial charge in [-0.25, -0.2) is 4.79 Å². The molecule has 34 heavy (non-hydrogen) atoms. The molecule has 0 aromatic heterocycles. The molecule has 0 saturated carbocycles. The number of alkyl carbamates (subject to hydrolysis) is 1. The summed E-state index contributed by atoms with van der Waals surface area (Å²) in [4.78, 5) is 36.5. The number of carbonyl (C=O) groups is 3. The summed E-state index contributed by atoms with van der Waals surface area (Å²) in [6, 6.07) is 15.2. The molecule has 8 nitrogen and oxygen atoms in total. The molecule has 0 spiro atoms. The monoisotopic (exact) mass is 466 g/mol. The molecule has 2 unspecified atom stereocenters. The van der Waals surface area contributed by atoms with Crippen molar-refractivity contribution < 1.29 is 29.0 Å². The molecule has 0 bridgehead atoms. The maximum atomic E-state index is 12.8. The fourth-order valence-electron chi connectivity index (χ4n) is 4.84. The van der Waals surface area contributed by atoms with Gasteiger partial charge in [0.1, 0.15) is 6.61 Å². The fourth-order valence-corrected chi connectivity index (χ4v) is 4.84. The molecule has 1 fully saturated rings. The molecular weight excluding hydrogens is 436 g/mol. The third kappa shape index (κ3) is 5.22. The van der Waals surface area contributed by atoms with Crippen molar-refractivity contribution in [3.63, 3.8) is 0 Å². The van der Waals surface area contributed by atoms with Crippen molar-refractivity contribution in [3.8, 4) is 11.1 Å². The van der Waals surface area contributed by atoms with Gasteiger partial charge >= 0.3 is 12.1 Å². The van der Waals surface area contributed by atoms with Gasteiger partial charge in [-0.1, -0.05) is 61.9 Å². The first kappa shape index (κ1) is 23.8. The highest BCUT2D eigenvalue weighted by Gasteiger charge is 2.37. The number of aliphatic carboxylic acids is 1. The van der Waals surface area contributed by atoms with Crippen LogP contribution in [0.1, 0.15) is 43.2 Å². The van der Waals surface area contributed by atoms with Gasteiger partial charge in [-0.15, -0.1) is 0 Å². The highest BCUT2D eigenvalue weighted by atomic mass is 16.5. The van der Waals surface area contributed by atoms with Crippen LogP contribution in [0.15, 0.2) is 48.5 Å². The summed E-state index contributed by atoms with van der Waals surface area (Å²) in [5.41, 5.74) is 4.55. The van der Waals surface area contributed by atoms with Crippen molar-refractivity contribution in [1.82, 2.24) is 10.6 Å². The molecule has 1 saturated heterocycles. The van der Waals surface area contributed by atoms with Crippen LogP contribution < -0.4 is 10.6 Å². The lowest BCUT2D eigenvalue weighted by molar-refractivity contribution is -0.137. The Kier molecular flexibility index (Phi) is 7.47. The first-order valence-electron chi connectivity index (χ1n) is 11.7. The van der Waals surface area contributed by atoms with E-state index in [9.17, 15) is 14.4 Å². The second-order valence-corrected chi connectivity index (χ2v) is 8.81. The third-order valence-corrected chi connectivity index (χ3v) is 6.47. The minimum Gasteiger partial charge on any atom is -0.481 e. The molecule has 1 aliphatic carbocycles. The highest BCUT2D eigenvalue weighted by Crippen LogP contribution is 2.44. The molecule has 2 aromatic carbocycles. The second-order valence-electron chi connectivity index (χ2n) is 8.81. The summed E-state index contributed by atoms with van der Waals surface area (Å²) >= 11 is 0. The molecule has 8 heteroatoms. The van der Waals surface area contributed by atoms with Crippen LogP contribution in [0.2, 0.25) is 0 Å². The molecule has 3 atom stereocenters. The van der Waals surface area contributed by atoms with E-state index >= 15 is 0 Å². The van der Waals surface area contributed by atoms with Crippen molar-refractivity contribution in [2.24, 2.45) is 5.92 Å². The van der Waals surface area contributed by atoms with Gasteiger partial charge in [0.25, 0.3) is 0 Å². The topological polar surface area (TPSA) is 114 Å². The van der Waals surface area contributed by atoms with Crippen molar-refractivity contribution >= 4 is 18.0 Å². The molecule has 4 rings (SSSR count). The van der Waals surface area contributed by atoms with E-state index in [0.29, 0.717) is 6.42 Å². The Morgan fingerprint density at radius 3 is 2.32 bits per heavy atom. The van der Waals surface area contributed by atoms with Gasteiger partial charge in [0.15, 0.2) is 0 Å². The third-order valence-electron chi connectivity index (χ3n) is 6.47. The molecular formula is C26H30N2O6. The Labute approximate surface area is 198 Å². The molecule has 1 aliphatic heterocycles. The SMILES string of the molecule is CCC[C@H](CC(=O)O)NC(=O)C1COCC1NC(=O)OCC1c2ccccc2-c2ccccc21. The smallest absolute Gasteiger partial charge is 0.407 e. The van der Waals surface area contributed by atoms with E-state index in [1.807, 2.05) is 31.2 Å². The predicted molar refractivity (Wildman–Crippen MR) is 125 cm³/mol. The lowest BCUT2D eigenvalue weighted by Gasteiger charge is -2.22. The number of nitrogens with one attached hydrogen (secondary N) is 2. The number of rotatable bonds is 9. The Balaban J connectivity index is 1.35. The van der Waals surface area contributed by atoms with Crippen molar-refractivity contribution in [2.45, 2.75) is 44.2 Å². The average molecular weight is 467 g/mol. The van der Waals surface area contributed by atoms with Gasteiger partial charge in [-0.3, -0.25) is 9.59 Å². The van der Waals surface area contributed by atoms with Gasteiger partial charge < -0.3 is 25.2 Å². The number of hydrogen-bond donors (Lipinski definition) is 3. The van der Waals surface area contributed by atoms with Crippen LogP contribution in [0.5, 0.6) is 0 Å². The fraction of sp³-hybridized carbons (Fsp3) is 0.423. The summed E-state index contributed by atoms with van der Waals surface area (Å²) < 4.78 is 11.0. The molecule has 2 amide bonds. The van der Waals surface area contributed by atoms with Gasteiger partial charge in [-0.2, -0.15) is 0 Å². The van der Waals surface area contributed by atoms with E-state index in [2.05, 4.69) is 34.9 Å². The average Bonchev–Trinajstić information content (AvgIpc) is 3.40. The molecule has 1 heterocycles. The molecule has 2 aliphatic rings. The molecule has 0 radical (unpaired) electrons. The number of fused-ring (bicyclic) bond motifs is 3. The van der Waals surface area contributed by atoms with E-state index in [0.717, 1.165) is 28.7 Å². The Hall–Kier alpha value is -3.39. The first-order valence-corrected chi connectivity index (χ1v) is 11.7. The Bertz CT molecular complexity index is 1010. The predicted octanol–water partition coefficient (Wildman–Crippen LogP) is 3.30. The molecule has 3 N–H and O–H groups in total. The van der Waals surface area contributed by atoms with Crippen LogP contribution in [-0.4, -0.2) is 55.0 Å². The minimum absolute atomic E-state index is 0.0529. The number of benzene rings is 2. The molecule has 2 aromatic rings. The highest BCUT2D eigenvalue weighted by molar-refractivity contribution is 5.82.